The van der Waals surface area contributed by atoms with Gasteiger partial charge in [-0.25, -0.2) is 10.3 Å². The van der Waals surface area contributed by atoms with Crippen LogP contribution < -0.4 is 15.2 Å². The van der Waals surface area contributed by atoms with E-state index in [1.165, 1.54) is 0 Å². The lowest BCUT2D eigenvalue weighted by atomic mass is 10.0. The predicted octanol–water partition coefficient (Wildman–Crippen LogP) is 5.08. The fraction of sp³-hybridized carbons (Fsp3) is 0.0435. The average Bonchev–Trinajstić information content (AvgIpc) is 2.73. The molecule has 0 aliphatic carbocycles. The highest BCUT2D eigenvalue weighted by atomic mass is 35.5. The number of carbonyl (C=O) groups is 1. The lowest BCUT2D eigenvalue weighted by Gasteiger charge is -2.33. The molecule has 1 aromatic heterocycles. The number of pyridine rings is 1. The van der Waals surface area contributed by atoms with Crippen molar-refractivity contribution in [3.8, 4) is 0 Å². The highest BCUT2D eigenvalue weighted by molar-refractivity contribution is 6.30. The van der Waals surface area contributed by atoms with E-state index >= 15 is 0 Å². The summed E-state index contributed by atoms with van der Waals surface area (Å²) in [6.45, 7) is 0. The molecule has 4 aromatic rings. The van der Waals surface area contributed by atoms with E-state index in [1.54, 1.807) is 4.90 Å². The Morgan fingerprint density at radius 3 is 2.50 bits per heavy atom. The number of nitrogens with one attached hydrogen (secondary N) is 2. The number of halogens is 1. The number of hydrogen-bond acceptors (Lipinski definition) is 2. The minimum atomic E-state index is -0.376. The van der Waals surface area contributed by atoms with Gasteiger partial charge >= 0.3 is 0 Å². The maximum absolute atomic E-state index is 13.6. The third-order valence-electron chi connectivity index (χ3n) is 4.98. The van der Waals surface area contributed by atoms with Crippen molar-refractivity contribution >= 4 is 39.9 Å². The molecule has 3 aromatic carbocycles. The van der Waals surface area contributed by atoms with Crippen molar-refractivity contribution in [2.75, 3.05) is 10.2 Å². The fourth-order valence-corrected chi connectivity index (χ4v) is 3.86. The molecule has 1 aliphatic rings. The smallest absolute Gasteiger partial charge is 0.268 e. The Kier molecular flexibility index (Phi) is 3.99. The monoisotopic (exact) mass is 386 g/mol. The first-order valence-corrected chi connectivity index (χ1v) is 9.44. The molecule has 0 spiro atoms. The van der Waals surface area contributed by atoms with Gasteiger partial charge in [-0.3, -0.25) is 9.69 Å². The first-order valence-electron chi connectivity index (χ1n) is 9.06. The molecule has 4 nitrogen and oxygen atoms in total. The summed E-state index contributed by atoms with van der Waals surface area (Å²) < 4.78 is 0. The number of nitrogens with zero attached hydrogens (tertiary/aromatic N) is 1. The first-order chi connectivity index (χ1) is 13.7. The topological polar surface area (TPSA) is 46.5 Å². The highest BCUT2D eigenvalue weighted by Gasteiger charge is 2.39. The van der Waals surface area contributed by atoms with Crippen LogP contribution in [0.1, 0.15) is 22.1 Å². The molecule has 1 aliphatic heterocycles. The SMILES string of the molecule is O=C1c2cc3ccccc3[nH+]c2N[C@H](c2cccc(Cl)c2)N1c1ccccc1. The molecule has 0 bridgehead atoms. The van der Waals surface area contributed by atoms with E-state index in [-0.39, 0.29) is 12.1 Å². The van der Waals surface area contributed by atoms with E-state index in [9.17, 15) is 4.79 Å². The maximum atomic E-state index is 13.6. The van der Waals surface area contributed by atoms with Crippen molar-refractivity contribution in [3.63, 3.8) is 0 Å². The number of para-hydroxylation sites is 2. The van der Waals surface area contributed by atoms with Gasteiger partial charge in [0.05, 0.1) is 0 Å². The molecule has 28 heavy (non-hydrogen) atoms. The number of aromatic amines is 1. The van der Waals surface area contributed by atoms with E-state index < -0.39 is 0 Å². The number of aromatic nitrogens is 1. The normalized spacial score (nSPS) is 16.0. The van der Waals surface area contributed by atoms with Crippen molar-refractivity contribution in [2.24, 2.45) is 0 Å². The Labute approximate surface area is 167 Å². The Morgan fingerprint density at radius 1 is 0.893 bits per heavy atom. The zero-order valence-electron chi connectivity index (χ0n) is 14.9. The highest BCUT2D eigenvalue weighted by Crippen LogP contribution is 2.36. The van der Waals surface area contributed by atoms with E-state index in [2.05, 4.69) is 10.3 Å². The van der Waals surface area contributed by atoms with Gasteiger partial charge in [-0.05, 0) is 36.4 Å². The van der Waals surface area contributed by atoms with E-state index in [4.69, 9.17) is 11.6 Å². The molecule has 0 unspecified atom stereocenters. The van der Waals surface area contributed by atoms with Crippen LogP contribution in [0.4, 0.5) is 11.5 Å². The summed E-state index contributed by atoms with van der Waals surface area (Å²) in [5, 5.41) is 5.13. The second-order valence-electron chi connectivity index (χ2n) is 6.76. The van der Waals surface area contributed by atoms with Crippen molar-refractivity contribution in [1.82, 2.24) is 0 Å². The molecule has 1 atom stereocenters. The summed E-state index contributed by atoms with van der Waals surface area (Å²) in [6.07, 6.45) is -0.376. The molecule has 5 rings (SSSR count). The van der Waals surface area contributed by atoms with Gasteiger partial charge in [-0.1, -0.05) is 60.1 Å². The molecule has 136 valence electrons. The minimum Gasteiger partial charge on any atom is -0.268 e. The molecule has 5 heteroatoms. The van der Waals surface area contributed by atoms with Gasteiger partial charge < -0.3 is 0 Å². The van der Waals surface area contributed by atoms with Crippen LogP contribution in [-0.2, 0) is 0 Å². The lowest BCUT2D eigenvalue weighted by molar-refractivity contribution is -0.328. The summed E-state index contributed by atoms with van der Waals surface area (Å²) in [4.78, 5) is 18.7. The lowest BCUT2D eigenvalue weighted by Crippen LogP contribution is -2.45. The third-order valence-corrected chi connectivity index (χ3v) is 5.21. The Hall–Kier alpha value is -3.37. The van der Waals surface area contributed by atoms with Crippen LogP contribution in [0.5, 0.6) is 0 Å². The van der Waals surface area contributed by atoms with E-state index in [1.807, 2.05) is 84.9 Å². The van der Waals surface area contributed by atoms with E-state index in [0.717, 1.165) is 22.2 Å². The maximum Gasteiger partial charge on any atom is 0.287 e. The molecule has 1 amide bonds. The number of carbonyl (C=O) groups excluding carboxylic acids is 1. The summed E-state index contributed by atoms with van der Waals surface area (Å²) >= 11 is 6.23. The first kappa shape index (κ1) is 16.8. The van der Waals surface area contributed by atoms with Gasteiger partial charge in [0.15, 0.2) is 0 Å². The summed E-state index contributed by atoms with van der Waals surface area (Å²) in [6, 6.07) is 27.1. The van der Waals surface area contributed by atoms with Gasteiger partial charge in [0, 0.05) is 21.7 Å². The molecule has 2 heterocycles. The van der Waals surface area contributed by atoms with Crippen LogP contribution in [0.25, 0.3) is 10.9 Å². The van der Waals surface area contributed by atoms with Crippen LogP contribution in [0.3, 0.4) is 0 Å². The number of anilines is 2. The molecule has 0 saturated heterocycles. The molecular formula is C23H17ClN3O+. The van der Waals surface area contributed by atoms with Crippen molar-refractivity contribution in [1.29, 1.82) is 0 Å². The van der Waals surface area contributed by atoms with Crippen LogP contribution in [0.2, 0.25) is 5.02 Å². The van der Waals surface area contributed by atoms with Crippen LogP contribution in [0.15, 0.2) is 84.9 Å². The van der Waals surface area contributed by atoms with Crippen LogP contribution >= 0.6 is 11.6 Å². The largest absolute Gasteiger partial charge is 0.287 e. The molecule has 2 N–H and O–H groups in total. The van der Waals surface area contributed by atoms with Gasteiger partial charge in [-0.2, -0.15) is 0 Å². The summed E-state index contributed by atoms with van der Waals surface area (Å²) in [5.74, 6) is 0.646. The van der Waals surface area contributed by atoms with Crippen LogP contribution in [0, 0.1) is 0 Å². The average molecular weight is 387 g/mol. The van der Waals surface area contributed by atoms with Crippen LogP contribution in [-0.4, -0.2) is 5.91 Å². The van der Waals surface area contributed by atoms with Crippen molar-refractivity contribution < 1.29 is 9.78 Å². The number of H-pyrrole nitrogens is 1. The number of benzene rings is 3. The van der Waals surface area contributed by atoms with Gasteiger partial charge in [0.1, 0.15) is 11.1 Å². The standard InChI is InChI=1S/C23H16ClN3O/c24-17-9-6-8-16(13-17)22-26-21-19(14-15-7-4-5-12-20(15)25-21)23(28)27(22)18-10-2-1-3-11-18/h1-14,22H,(H,25,26)/p+1/t22-/m0/s1. The fourth-order valence-electron chi connectivity index (χ4n) is 3.66. The Morgan fingerprint density at radius 2 is 1.68 bits per heavy atom. The number of rotatable bonds is 2. The van der Waals surface area contributed by atoms with Gasteiger partial charge in [0.25, 0.3) is 11.7 Å². The third kappa shape index (κ3) is 2.79. The van der Waals surface area contributed by atoms with Crippen molar-refractivity contribution in [3.05, 3.63) is 101 Å². The molecule has 0 fully saturated rings. The quantitative estimate of drug-likeness (QED) is 0.522. The summed E-state index contributed by atoms with van der Waals surface area (Å²) in [5.41, 5.74) is 3.32. The number of hydrogen-bond donors (Lipinski definition) is 1. The number of fused-ring (bicyclic) bond motifs is 2. The van der Waals surface area contributed by atoms with Gasteiger partial charge in [-0.15, -0.1) is 0 Å². The second-order valence-corrected chi connectivity index (χ2v) is 7.19. The second kappa shape index (κ2) is 6.66. The molecule has 0 saturated carbocycles. The number of amides is 1. The van der Waals surface area contributed by atoms with E-state index in [0.29, 0.717) is 16.4 Å². The minimum absolute atomic E-state index is 0.0630. The Bertz CT molecular complexity index is 1190. The predicted molar refractivity (Wildman–Crippen MR) is 112 cm³/mol. The zero-order chi connectivity index (χ0) is 19.1. The molecule has 0 radical (unpaired) electrons. The summed E-state index contributed by atoms with van der Waals surface area (Å²) in [7, 11) is 0. The zero-order valence-corrected chi connectivity index (χ0v) is 15.6. The molecular weight excluding hydrogens is 370 g/mol. The Balaban J connectivity index is 1.71. The van der Waals surface area contributed by atoms with Crippen molar-refractivity contribution in [2.45, 2.75) is 6.17 Å². The van der Waals surface area contributed by atoms with Gasteiger partial charge in [0.2, 0.25) is 6.17 Å².